The number of hydrogen-bond donors (Lipinski definition) is 2. The summed E-state index contributed by atoms with van der Waals surface area (Å²) in [4.78, 5) is 12.5. The van der Waals surface area contributed by atoms with Gasteiger partial charge in [-0.05, 0) is 36.4 Å². The molecular formula is C15H12F3N5O2. The predicted molar refractivity (Wildman–Crippen MR) is 85.7 cm³/mol. The van der Waals surface area contributed by atoms with Gasteiger partial charge in [-0.2, -0.15) is 13.2 Å². The van der Waals surface area contributed by atoms with Gasteiger partial charge in [-0.1, -0.05) is 12.1 Å². The summed E-state index contributed by atoms with van der Waals surface area (Å²) in [6.07, 6.45) is -4.43. The predicted octanol–water partition coefficient (Wildman–Crippen LogP) is 1.89. The lowest BCUT2D eigenvalue weighted by molar-refractivity contribution is -0.137. The molecule has 2 aromatic rings. The zero-order valence-electron chi connectivity index (χ0n) is 12.5. The van der Waals surface area contributed by atoms with Crippen LogP contribution >= 0.6 is 0 Å². The molecule has 0 bridgehead atoms. The Balaban J connectivity index is 0.00000182. The number of rotatable bonds is 1. The molecule has 1 amide bonds. The van der Waals surface area contributed by atoms with Crippen LogP contribution in [-0.4, -0.2) is 17.2 Å². The molecule has 4 N–H and O–H groups in total. The van der Waals surface area contributed by atoms with Gasteiger partial charge < -0.3 is 5.48 Å². The molecule has 0 radical (unpaired) electrons. The van der Waals surface area contributed by atoms with E-state index in [1.54, 1.807) is 18.2 Å². The lowest BCUT2D eigenvalue weighted by Crippen LogP contribution is -2.42. The quantitative estimate of drug-likeness (QED) is 0.821. The number of alkyl halides is 3. The number of para-hydroxylation sites is 2. The Labute approximate surface area is 139 Å². The van der Waals surface area contributed by atoms with Crippen molar-refractivity contribution >= 4 is 28.8 Å². The Morgan fingerprint density at radius 1 is 0.960 bits per heavy atom. The molecule has 7 nitrogen and oxygen atoms in total. The first kappa shape index (κ1) is 16.7. The van der Waals surface area contributed by atoms with Crippen LogP contribution in [0.1, 0.15) is 5.56 Å². The summed E-state index contributed by atoms with van der Waals surface area (Å²) in [5.41, 5.74) is 6.51. The van der Waals surface area contributed by atoms with Crippen LogP contribution in [0, 0.1) is 0 Å². The molecule has 0 unspecified atom stereocenters. The summed E-state index contributed by atoms with van der Waals surface area (Å²) in [6.45, 7) is 0. The van der Waals surface area contributed by atoms with Crippen molar-refractivity contribution in [3.05, 3.63) is 54.1 Å². The van der Waals surface area contributed by atoms with Crippen molar-refractivity contribution in [3.8, 4) is 0 Å². The monoisotopic (exact) mass is 351 g/mol. The number of nitrogens with one attached hydrogen (secondary N) is 2. The number of nitrogens with zero attached hydrogens (tertiary/aromatic N) is 3. The Bertz CT molecular complexity index is 851. The van der Waals surface area contributed by atoms with E-state index in [1.807, 2.05) is 6.07 Å². The maximum atomic E-state index is 12.6. The lowest BCUT2D eigenvalue weighted by Gasteiger charge is -2.24. The van der Waals surface area contributed by atoms with E-state index in [9.17, 15) is 18.0 Å². The summed E-state index contributed by atoms with van der Waals surface area (Å²) < 4.78 is 37.9. The number of hydrazine groups is 2. The number of amidine groups is 1. The van der Waals surface area contributed by atoms with E-state index in [4.69, 9.17) is 0 Å². The van der Waals surface area contributed by atoms with E-state index in [-0.39, 0.29) is 17.0 Å². The first-order valence-corrected chi connectivity index (χ1v) is 6.96. The third-order valence-corrected chi connectivity index (χ3v) is 3.69. The lowest BCUT2D eigenvalue weighted by atomic mass is 10.2. The van der Waals surface area contributed by atoms with Gasteiger partial charge in [-0.25, -0.2) is 10.0 Å². The zero-order valence-corrected chi connectivity index (χ0v) is 12.5. The number of hydrazone groups is 1. The van der Waals surface area contributed by atoms with E-state index in [1.165, 1.54) is 17.1 Å². The molecule has 1 fully saturated rings. The topological polar surface area (TPSA) is 91.5 Å². The molecule has 1 saturated heterocycles. The second kappa shape index (κ2) is 5.76. The molecular weight excluding hydrogens is 339 g/mol. The standard InChI is InChI=1S/C15H10F3N5O.H2O/c16-15(17,18)9-5-7-10(8-6-9)22-14(24)13-20-19-11-3-1-2-4-12(11)23(13)21-22;/h1-8,19,21H;1H2. The molecule has 10 heteroatoms. The third kappa shape index (κ3) is 2.66. The molecule has 2 aliphatic heterocycles. The Morgan fingerprint density at radius 3 is 2.32 bits per heavy atom. The fourth-order valence-electron chi connectivity index (χ4n) is 2.51. The molecule has 2 aromatic carbocycles. The minimum atomic E-state index is -4.43. The van der Waals surface area contributed by atoms with Crippen molar-refractivity contribution in [2.24, 2.45) is 5.10 Å². The van der Waals surface area contributed by atoms with Crippen molar-refractivity contribution in [1.29, 1.82) is 0 Å². The molecule has 25 heavy (non-hydrogen) atoms. The van der Waals surface area contributed by atoms with Crippen molar-refractivity contribution < 1.29 is 23.4 Å². The van der Waals surface area contributed by atoms with Crippen LogP contribution in [0.15, 0.2) is 53.6 Å². The molecule has 2 aliphatic rings. The number of amides is 1. The van der Waals surface area contributed by atoms with Gasteiger partial charge in [-0.3, -0.25) is 10.2 Å². The number of carbonyl (C=O) groups excluding carboxylic acids is 1. The van der Waals surface area contributed by atoms with E-state index in [0.29, 0.717) is 11.4 Å². The van der Waals surface area contributed by atoms with Gasteiger partial charge in [0, 0.05) is 0 Å². The van der Waals surface area contributed by atoms with Crippen molar-refractivity contribution in [2.75, 3.05) is 15.4 Å². The van der Waals surface area contributed by atoms with Crippen molar-refractivity contribution in [3.63, 3.8) is 0 Å². The van der Waals surface area contributed by atoms with E-state index in [2.05, 4.69) is 16.1 Å². The molecule has 0 spiro atoms. The van der Waals surface area contributed by atoms with E-state index < -0.39 is 17.6 Å². The molecule has 0 aliphatic carbocycles. The highest BCUT2D eigenvalue weighted by atomic mass is 19.4. The zero-order chi connectivity index (χ0) is 16.9. The second-order valence-electron chi connectivity index (χ2n) is 5.18. The third-order valence-electron chi connectivity index (χ3n) is 3.69. The minimum Gasteiger partial charge on any atom is -0.412 e. The summed E-state index contributed by atoms with van der Waals surface area (Å²) in [5.74, 6) is -0.370. The number of anilines is 3. The first-order valence-electron chi connectivity index (χ1n) is 6.96. The van der Waals surface area contributed by atoms with Gasteiger partial charge in [-0.15, -0.1) is 10.6 Å². The van der Waals surface area contributed by atoms with Gasteiger partial charge in [0.2, 0.25) is 5.84 Å². The first-order chi connectivity index (χ1) is 11.4. The van der Waals surface area contributed by atoms with Crippen LogP contribution in [0.2, 0.25) is 0 Å². The average Bonchev–Trinajstić information content (AvgIpc) is 2.92. The number of fused-ring (bicyclic) bond motifs is 3. The van der Waals surface area contributed by atoms with Crippen molar-refractivity contribution in [1.82, 2.24) is 5.53 Å². The van der Waals surface area contributed by atoms with Gasteiger partial charge in [0.05, 0.1) is 22.6 Å². The van der Waals surface area contributed by atoms with Gasteiger partial charge in [0.15, 0.2) is 0 Å². The highest BCUT2D eigenvalue weighted by Gasteiger charge is 2.39. The van der Waals surface area contributed by atoms with Crippen LogP contribution < -0.4 is 21.0 Å². The molecule has 4 rings (SSSR count). The normalized spacial score (nSPS) is 15.8. The summed E-state index contributed by atoms with van der Waals surface area (Å²) in [6, 6.07) is 11.5. The van der Waals surface area contributed by atoms with Crippen LogP contribution in [0.3, 0.4) is 0 Å². The Morgan fingerprint density at radius 2 is 1.64 bits per heavy atom. The number of hydrogen-bond acceptors (Lipinski definition) is 5. The van der Waals surface area contributed by atoms with Gasteiger partial charge in [0.25, 0.3) is 0 Å². The largest absolute Gasteiger partial charge is 0.416 e. The Hall–Kier alpha value is -3.11. The molecule has 0 aromatic heterocycles. The van der Waals surface area contributed by atoms with E-state index >= 15 is 0 Å². The number of benzene rings is 2. The molecule has 0 atom stereocenters. The number of halogens is 3. The van der Waals surface area contributed by atoms with Crippen LogP contribution in [-0.2, 0) is 11.0 Å². The van der Waals surface area contributed by atoms with Crippen LogP contribution in [0.25, 0.3) is 0 Å². The number of carbonyl (C=O) groups is 1. The fraction of sp³-hybridized carbons (Fsp3) is 0.0667. The van der Waals surface area contributed by atoms with E-state index in [0.717, 1.165) is 17.1 Å². The average molecular weight is 351 g/mol. The smallest absolute Gasteiger partial charge is 0.412 e. The summed E-state index contributed by atoms with van der Waals surface area (Å²) >= 11 is 0. The Kier molecular flexibility index (Phi) is 3.85. The highest BCUT2D eigenvalue weighted by molar-refractivity contribution is 6.49. The fourth-order valence-corrected chi connectivity index (χ4v) is 2.51. The SMILES string of the molecule is O.O=C1C2=NNc3ccccc3N2NN1c1ccc(C(F)(F)F)cc1. The maximum absolute atomic E-state index is 12.6. The van der Waals surface area contributed by atoms with Gasteiger partial charge >= 0.3 is 12.1 Å². The molecule has 2 heterocycles. The second-order valence-corrected chi connectivity index (χ2v) is 5.18. The van der Waals surface area contributed by atoms with Gasteiger partial charge in [0.1, 0.15) is 0 Å². The summed E-state index contributed by atoms with van der Waals surface area (Å²) in [5, 5.41) is 6.62. The summed E-state index contributed by atoms with van der Waals surface area (Å²) in [7, 11) is 0. The van der Waals surface area contributed by atoms with Crippen molar-refractivity contribution in [2.45, 2.75) is 6.18 Å². The van der Waals surface area contributed by atoms with Crippen LogP contribution in [0.4, 0.5) is 30.2 Å². The maximum Gasteiger partial charge on any atom is 0.416 e. The molecule has 130 valence electrons. The minimum absolute atomic E-state index is 0. The van der Waals surface area contributed by atoms with Crippen LogP contribution in [0.5, 0.6) is 0 Å². The molecule has 0 saturated carbocycles. The highest BCUT2D eigenvalue weighted by Crippen LogP contribution is 2.33.